The molecule has 26 heavy (non-hydrogen) atoms. The van der Waals surface area contributed by atoms with E-state index in [1.54, 1.807) is 6.07 Å². The Bertz CT molecular complexity index is 827. The summed E-state index contributed by atoms with van der Waals surface area (Å²) in [6, 6.07) is 11.6. The number of ether oxygens (including phenoxy) is 3. The van der Waals surface area contributed by atoms with Crippen LogP contribution in [-0.2, 0) is 9.53 Å². The van der Waals surface area contributed by atoms with Crippen LogP contribution in [0, 0.1) is 0 Å². The van der Waals surface area contributed by atoms with Gasteiger partial charge in [0.05, 0.1) is 22.2 Å². The number of hydrogen-bond acceptors (Lipinski definition) is 5. The van der Waals surface area contributed by atoms with Gasteiger partial charge in [-0.3, -0.25) is 4.79 Å². The standard InChI is InChI=1S/C18H15Cl2NO5/c19-13-6-5-11(7-14(13)20)18(23)25-10-17(22)21-8-12-9-24-15-3-1-2-4-16(15)26-12/h1-7,12H,8-10H2,(H,21,22)/t12-/m0/s1. The maximum Gasteiger partial charge on any atom is 0.338 e. The molecule has 0 saturated carbocycles. The van der Waals surface area contributed by atoms with Crippen LogP contribution < -0.4 is 14.8 Å². The lowest BCUT2D eigenvalue weighted by atomic mass is 10.2. The van der Waals surface area contributed by atoms with Crippen LogP contribution in [0.2, 0.25) is 10.0 Å². The summed E-state index contributed by atoms with van der Waals surface area (Å²) in [5.74, 6) is 0.195. The number of carbonyl (C=O) groups is 2. The molecule has 1 atom stereocenters. The number of hydrogen-bond donors (Lipinski definition) is 1. The normalized spacial score (nSPS) is 15.2. The van der Waals surface area contributed by atoms with Crippen LogP contribution in [0.4, 0.5) is 0 Å². The SMILES string of the molecule is O=C(COC(=O)c1ccc(Cl)c(Cl)c1)NC[C@H]1COc2ccccc2O1. The van der Waals surface area contributed by atoms with Crippen LogP contribution in [0.25, 0.3) is 0 Å². The fourth-order valence-electron chi connectivity index (χ4n) is 2.28. The number of para-hydroxylation sites is 2. The van der Waals surface area contributed by atoms with Crippen molar-refractivity contribution in [1.82, 2.24) is 5.32 Å². The molecule has 2 aromatic carbocycles. The van der Waals surface area contributed by atoms with E-state index in [0.717, 1.165) is 0 Å². The van der Waals surface area contributed by atoms with E-state index in [0.29, 0.717) is 23.1 Å². The maximum absolute atomic E-state index is 11.9. The van der Waals surface area contributed by atoms with E-state index in [1.807, 2.05) is 18.2 Å². The molecule has 0 aliphatic carbocycles. The third-order valence-corrected chi connectivity index (χ3v) is 4.32. The summed E-state index contributed by atoms with van der Waals surface area (Å²) >= 11 is 11.6. The van der Waals surface area contributed by atoms with Gasteiger partial charge in [0.25, 0.3) is 5.91 Å². The number of rotatable bonds is 5. The number of halogens is 2. The molecule has 3 rings (SSSR count). The van der Waals surface area contributed by atoms with Crippen molar-refractivity contribution in [2.75, 3.05) is 19.8 Å². The zero-order valence-corrected chi connectivity index (χ0v) is 15.0. The Labute approximate surface area is 159 Å². The van der Waals surface area contributed by atoms with Gasteiger partial charge in [-0.1, -0.05) is 35.3 Å². The van der Waals surface area contributed by atoms with Crippen LogP contribution in [0.1, 0.15) is 10.4 Å². The molecule has 0 radical (unpaired) electrons. The van der Waals surface area contributed by atoms with Gasteiger partial charge in [0.15, 0.2) is 18.1 Å². The van der Waals surface area contributed by atoms with Gasteiger partial charge in [-0.15, -0.1) is 0 Å². The number of fused-ring (bicyclic) bond motifs is 1. The average molecular weight is 396 g/mol. The molecule has 0 saturated heterocycles. The van der Waals surface area contributed by atoms with Gasteiger partial charge in [-0.2, -0.15) is 0 Å². The molecule has 1 amide bonds. The van der Waals surface area contributed by atoms with Crippen molar-refractivity contribution in [3.05, 3.63) is 58.1 Å². The van der Waals surface area contributed by atoms with Crippen LogP contribution in [0.5, 0.6) is 11.5 Å². The Hall–Kier alpha value is -2.44. The molecule has 1 N–H and O–H groups in total. The van der Waals surface area contributed by atoms with Gasteiger partial charge in [0.1, 0.15) is 12.7 Å². The quantitative estimate of drug-likeness (QED) is 0.787. The number of esters is 1. The van der Waals surface area contributed by atoms with E-state index in [4.69, 9.17) is 37.4 Å². The monoisotopic (exact) mass is 395 g/mol. The second-order valence-electron chi connectivity index (χ2n) is 5.51. The minimum Gasteiger partial charge on any atom is -0.486 e. The second kappa shape index (κ2) is 8.29. The van der Waals surface area contributed by atoms with Crippen LogP contribution in [0.15, 0.2) is 42.5 Å². The van der Waals surface area contributed by atoms with Gasteiger partial charge in [0, 0.05) is 0 Å². The zero-order valence-electron chi connectivity index (χ0n) is 13.5. The van der Waals surface area contributed by atoms with Gasteiger partial charge in [-0.05, 0) is 30.3 Å². The number of nitrogens with one attached hydrogen (secondary N) is 1. The van der Waals surface area contributed by atoms with Crippen LogP contribution >= 0.6 is 23.2 Å². The highest BCUT2D eigenvalue weighted by Gasteiger charge is 2.21. The van der Waals surface area contributed by atoms with Crippen molar-refractivity contribution in [1.29, 1.82) is 0 Å². The zero-order chi connectivity index (χ0) is 18.5. The Kier molecular flexibility index (Phi) is 5.85. The number of amides is 1. The molecule has 2 aromatic rings. The lowest BCUT2D eigenvalue weighted by Crippen LogP contribution is -2.42. The lowest BCUT2D eigenvalue weighted by molar-refractivity contribution is -0.124. The van der Waals surface area contributed by atoms with Crippen molar-refractivity contribution in [2.45, 2.75) is 6.10 Å². The molecular weight excluding hydrogens is 381 g/mol. The minimum absolute atomic E-state index is 0.216. The predicted molar refractivity (Wildman–Crippen MR) is 96.1 cm³/mol. The molecule has 6 nitrogen and oxygen atoms in total. The molecule has 1 heterocycles. The summed E-state index contributed by atoms with van der Waals surface area (Å²) in [6.07, 6.45) is -0.320. The minimum atomic E-state index is -0.662. The largest absolute Gasteiger partial charge is 0.486 e. The summed E-state index contributed by atoms with van der Waals surface area (Å²) in [7, 11) is 0. The first kappa shape index (κ1) is 18.4. The van der Waals surface area contributed by atoms with E-state index in [1.165, 1.54) is 18.2 Å². The van der Waals surface area contributed by atoms with Crippen LogP contribution in [0.3, 0.4) is 0 Å². The number of benzene rings is 2. The van der Waals surface area contributed by atoms with E-state index in [2.05, 4.69) is 5.32 Å². The molecule has 136 valence electrons. The first-order valence-electron chi connectivity index (χ1n) is 7.80. The fraction of sp³-hybridized carbons (Fsp3) is 0.222. The molecule has 0 fully saturated rings. The molecule has 8 heteroatoms. The van der Waals surface area contributed by atoms with Crippen molar-refractivity contribution in [3.8, 4) is 11.5 Å². The summed E-state index contributed by atoms with van der Waals surface area (Å²) in [4.78, 5) is 23.8. The van der Waals surface area contributed by atoms with Gasteiger partial charge in [0.2, 0.25) is 0 Å². The first-order valence-corrected chi connectivity index (χ1v) is 8.56. The second-order valence-corrected chi connectivity index (χ2v) is 6.32. The Morgan fingerprint density at radius 2 is 1.88 bits per heavy atom. The van der Waals surface area contributed by atoms with E-state index in [9.17, 15) is 9.59 Å². The highest BCUT2D eigenvalue weighted by molar-refractivity contribution is 6.42. The molecule has 0 unspecified atom stereocenters. The fourth-order valence-corrected chi connectivity index (χ4v) is 2.58. The third kappa shape index (κ3) is 4.59. The summed E-state index contributed by atoms with van der Waals surface area (Å²) in [5.41, 5.74) is 0.216. The smallest absolute Gasteiger partial charge is 0.338 e. The molecule has 1 aliphatic rings. The van der Waals surface area contributed by atoms with E-state index >= 15 is 0 Å². The predicted octanol–water partition coefficient (Wildman–Crippen LogP) is 3.11. The Balaban J connectivity index is 1.43. The third-order valence-electron chi connectivity index (χ3n) is 3.58. The van der Waals surface area contributed by atoms with E-state index in [-0.39, 0.29) is 23.2 Å². The topological polar surface area (TPSA) is 73.9 Å². The van der Waals surface area contributed by atoms with Crippen molar-refractivity contribution in [3.63, 3.8) is 0 Å². The lowest BCUT2D eigenvalue weighted by Gasteiger charge is -2.26. The van der Waals surface area contributed by atoms with Crippen LogP contribution in [-0.4, -0.2) is 37.7 Å². The Morgan fingerprint density at radius 3 is 2.65 bits per heavy atom. The van der Waals surface area contributed by atoms with Gasteiger partial charge < -0.3 is 19.5 Å². The van der Waals surface area contributed by atoms with Crippen molar-refractivity contribution in [2.24, 2.45) is 0 Å². The highest BCUT2D eigenvalue weighted by atomic mass is 35.5. The van der Waals surface area contributed by atoms with Crippen molar-refractivity contribution < 1.29 is 23.8 Å². The summed E-state index contributed by atoms with van der Waals surface area (Å²) < 4.78 is 16.2. The summed E-state index contributed by atoms with van der Waals surface area (Å²) in [6.45, 7) is 0.140. The Morgan fingerprint density at radius 1 is 1.12 bits per heavy atom. The summed E-state index contributed by atoms with van der Waals surface area (Å²) in [5, 5.41) is 3.21. The molecule has 0 bridgehead atoms. The van der Waals surface area contributed by atoms with Gasteiger partial charge >= 0.3 is 5.97 Å². The molecule has 0 aromatic heterocycles. The number of carbonyl (C=O) groups excluding carboxylic acids is 2. The van der Waals surface area contributed by atoms with E-state index < -0.39 is 18.5 Å². The van der Waals surface area contributed by atoms with Gasteiger partial charge in [-0.25, -0.2) is 4.79 Å². The molecule has 0 spiro atoms. The molecule has 1 aliphatic heterocycles. The van der Waals surface area contributed by atoms with Crippen molar-refractivity contribution >= 4 is 35.1 Å². The maximum atomic E-state index is 11.9. The molecular formula is C18H15Cl2NO5. The first-order chi connectivity index (χ1) is 12.5. The average Bonchev–Trinajstić information content (AvgIpc) is 2.66. The highest BCUT2D eigenvalue weighted by Crippen LogP contribution is 2.30.